The number of amides is 1. The zero-order chi connectivity index (χ0) is 27.4. The Bertz CT molecular complexity index is 1390. The SMILES string of the molecule is CCCn1c(N2CCN(Cc3ccccc3)CC2)c(/C=C2\SC(=S)N(CC(=O)O)C2=O)c(C)c(C#N)c1=O. The van der Waals surface area contributed by atoms with Gasteiger partial charge >= 0.3 is 5.97 Å². The fraction of sp³-hybridized carbons (Fsp3) is 0.370. The zero-order valence-corrected chi connectivity index (χ0v) is 23.0. The first-order chi connectivity index (χ1) is 18.2. The van der Waals surface area contributed by atoms with Crippen LogP contribution in [0.25, 0.3) is 6.08 Å². The third kappa shape index (κ3) is 5.67. The fourth-order valence-corrected chi connectivity index (χ4v) is 6.01. The summed E-state index contributed by atoms with van der Waals surface area (Å²) in [4.78, 5) is 43.5. The van der Waals surface area contributed by atoms with Gasteiger partial charge < -0.3 is 10.0 Å². The highest BCUT2D eigenvalue weighted by molar-refractivity contribution is 8.26. The Morgan fingerprint density at radius 3 is 2.47 bits per heavy atom. The number of carbonyl (C=O) groups excluding carboxylic acids is 1. The second-order valence-corrected chi connectivity index (χ2v) is 10.9. The fourth-order valence-electron chi connectivity index (χ4n) is 4.78. The summed E-state index contributed by atoms with van der Waals surface area (Å²) in [5.74, 6) is -0.973. The summed E-state index contributed by atoms with van der Waals surface area (Å²) >= 11 is 6.29. The smallest absolute Gasteiger partial charge is 0.323 e. The van der Waals surface area contributed by atoms with Crippen molar-refractivity contribution in [2.45, 2.75) is 33.4 Å². The molecule has 1 N–H and O–H groups in total. The number of pyridine rings is 1. The van der Waals surface area contributed by atoms with Gasteiger partial charge in [0.15, 0.2) is 0 Å². The average Bonchev–Trinajstić information content (AvgIpc) is 3.15. The van der Waals surface area contributed by atoms with E-state index in [-0.39, 0.29) is 20.3 Å². The number of carboxylic acid groups (broad SMARTS) is 1. The van der Waals surface area contributed by atoms with Crippen LogP contribution in [-0.2, 0) is 22.7 Å². The number of rotatable bonds is 8. The monoisotopic (exact) mass is 551 g/mol. The molecule has 0 bridgehead atoms. The highest BCUT2D eigenvalue weighted by Crippen LogP contribution is 2.36. The minimum absolute atomic E-state index is 0.0391. The number of nitriles is 1. The number of thioether (sulfide) groups is 1. The van der Waals surface area contributed by atoms with E-state index in [4.69, 9.17) is 12.2 Å². The third-order valence-corrected chi connectivity index (χ3v) is 8.03. The van der Waals surface area contributed by atoms with E-state index >= 15 is 0 Å². The van der Waals surface area contributed by atoms with Crippen molar-refractivity contribution in [3.8, 4) is 6.07 Å². The Morgan fingerprint density at radius 2 is 1.87 bits per heavy atom. The van der Waals surface area contributed by atoms with Gasteiger partial charge in [-0.05, 0) is 30.5 Å². The first-order valence-corrected chi connectivity index (χ1v) is 13.6. The predicted molar refractivity (Wildman–Crippen MR) is 152 cm³/mol. The first-order valence-electron chi connectivity index (χ1n) is 12.4. The highest BCUT2D eigenvalue weighted by Gasteiger charge is 2.34. The number of carboxylic acids is 1. The van der Waals surface area contributed by atoms with Gasteiger partial charge in [0.05, 0.1) is 4.91 Å². The number of nitrogens with zero attached hydrogens (tertiary/aromatic N) is 5. The van der Waals surface area contributed by atoms with E-state index in [0.29, 0.717) is 43.0 Å². The number of hydrogen-bond donors (Lipinski definition) is 1. The Kier molecular flexibility index (Phi) is 8.66. The van der Waals surface area contributed by atoms with Crippen molar-refractivity contribution >= 4 is 52.1 Å². The quantitative estimate of drug-likeness (QED) is 0.391. The first kappa shape index (κ1) is 27.6. The number of aliphatic carboxylic acids is 1. The van der Waals surface area contributed by atoms with Crippen molar-refractivity contribution in [3.05, 3.63) is 67.8 Å². The molecule has 2 aromatic rings. The molecule has 1 aromatic carbocycles. The Balaban J connectivity index is 1.74. The van der Waals surface area contributed by atoms with Crippen LogP contribution in [0, 0.1) is 18.3 Å². The van der Waals surface area contributed by atoms with Crippen molar-refractivity contribution in [1.82, 2.24) is 14.4 Å². The standard InChI is InChI=1S/C27H29N5O4S2/c1-3-9-31-24(30-12-10-29(11-13-30)16-19-7-5-4-6-8-19)20(18(2)21(15-28)25(31)35)14-22-26(36)32(17-23(33)34)27(37)38-22/h4-8,14H,3,9-13,16-17H2,1-2H3,(H,33,34)/b22-14-. The summed E-state index contributed by atoms with van der Waals surface area (Å²) in [6.07, 6.45) is 2.35. The van der Waals surface area contributed by atoms with Crippen LogP contribution >= 0.6 is 24.0 Å². The van der Waals surface area contributed by atoms with Gasteiger partial charge in [-0.2, -0.15) is 5.26 Å². The van der Waals surface area contributed by atoms with Crippen LogP contribution in [0.4, 0.5) is 5.82 Å². The van der Waals surface area contributed by atoms with Gasteiger partial charge in [0.2, 0.25) is 0 Å². The molecule has 0 radical (unpaired) electrons. The van der Waals surface area contributed by atoms with E-state index in [1.807, 2.05) is 25.1 Å². The van der Waals surface area contributed by atoms with Gasteiger partial charge in [0.1, 0.15) is 28.3 Å². The molecule has 2 aliphatic heterocycles. The minimum Gasteiger partial charge on any atom is -0.480 e. The van der Waals surface area contributed by atoms with Crippen LogP contribution in [0.3, 0.4) is 0 Å². The summed E-state index contributed by atoms with van der Waals surface area (Å²) < 4.78 is 1.81. The van der Waals surface area contributed by atoms with Crippen LogP contribution < -0.4 is 10.5 Å². The van der Waals surface area contributed by atoms with E-state index in [9.17, 15) is 24.8 Å². The summed E-state index contributed by atoms with van der Waals surface area (Å²) in [6, 6.07) is 12.3. The van der Waals surface area contributed by atoms with Crippen LogP contribution in [0.1, 0.15) is 35.6 Å². The Morgan fingerprint density at radius 1 is 1.18 bits per heavy atom. The normalized spacial score (nSPS) is 17.3. The molecule has 0 atom stereocenters. The van der Waals surface area contributed by atoms with Gasteiger partial charge in [-0.1, -0.05) is 61.2 Å². The maximum atomic E-state index is 13.4. The molecule has 2 aliphatic rings. The molecule has 9 nitrogen and oxygen atoms in total. The molecule has 3 heterocycles. The Labute approximate surface area is 230 Å². The summed E-state index contributed by atoms with van der Waals surface area (Å²) in [6.45, 7) is 7.34. The molecule has 0 unspecified atom stereocenters. The molecular formula is C27H29N5O4S2. The van der Waals surface area contributed by atoms with Crippen molar-refractivity contribution in [3.63, 3.8) is 0 Å². The molecule has 4 rings (SSSR count). The lowest BCUT2D eigenvalue weighted by Gasteiger charge is -2.38. The molecule has 2 saturated heterocycles. The maximum absolute atomic E-state index is 13.4. The van der Waals surface area contributed by atoms with E-state index in [2.05, 4.69) is 28.0 Å². The second kappa shape index (κ2) is 11.9. The van der Waals surface area contributed by atoms with E-state index in [0.717, 1.165) is 36.3 Å². The zero-order valence-electron chi connectivity index (χ0n) is 21.3. The number of carbonyl (C=O) groups is 2. The average molecular weight is 552 g/mol. The van der Waals surface area contributed by atoms with E-state index < -0.39 is 18.4 Å². The molecular weight excluding hydrogens is 522 g/mol. The van der Waals surface area contributed by atoms with Gasteiger partial charge in [-0.25, -0.2) is 0 Å². The molecule has 1 aromatic heterocycles. The molecule has 0 aliphatic carbocycles. The molecule has 1 amide bonds. The molecule has 0 spiro atoms. The number of hydrogen-bond acceptors (Lipinski definition) is 8. The lowest BCUT2D eigenvalue weighted by Crippen LogP contribution is -2.48. The van der Waals surface area contributed by atoms with Crippen molar-refractivity contribution in [2.75, 3.05) is 37.6 Å². The minimum atomic E-state index is -1.16. The highest BCUT2D eigenvalue weighted by atomic mass is 32.2. The number of anilines is 1. The lowest BCUT2D eigenvalue weighted by atomic mass is 10.0. The van der Waals surface area contributed by atoms with Crippen molar-refractivity contribution in [1.29, 1.82) is 5.26 Å². The number of aromatic nitrogens is 1. The molecule has 11 heteroatoms. The lowest BCUT2D eigenvalue weighted by molar-refractivity contribution is -0.140. The van der Waals surface area contributed by atoms with Gasteiger partial charge in [0, 0.05) is 44.8 Å². The number of piperazine rings is 1. The Hall–Kier alpha value is -3.46. The molecule has 2 fully saturated rings. The predicted octanol–water partition coefficient (Wildman–Crippen LogP) is 3.05. The molecule has 0 saturated carbocycles. The second-order valence-electron chi connectivity index (χ2n) is 9.22. The van der Waals surface area contributed by atoms with E-state index in [1.165, 1.54) is 5.56 Å². The van der Waals surface area contributed by atoms with Crippen LogP contribution in [0.2, 0.25) is 0 Å². The maximum Gasteiger partial charge on any atom is 0.323 e. The third-order valence-electron chi connectivity index (χ3n) is 6.66. The van der Waals surface area contributed by atoms with Crippen molar-refractivity contribution < 1.29 is 14.7 Å². The van der Waals surface area contributed by atoms with Gasteiger partial charge in [-0.15, -0.1) is 0 Å². The van der Waals surface area contributed by atoms with Gasteiger partial charge in [-0.3, -0.25) is 28.8 Å². The summed E-state index contributed by atoms with van der Waals surface area (Å²) in [5.41, 5.74) is 2.04. The molecule has 38 heavy (non-hydrogen) atoms. The topological polar surface area (TPSA) is 110 Å². The van der Waals surface area contributed by atoms with Crippen LogP contribution in [0.15, 0.2) is 40.0 Å². The number of thiocarbonyl (C=S) groups is 1. The van der Waals surface area contributed by atoms with Crippen LogP contribution in [0.5, 0.6) is 0 Å². The van der Waals surface area contributed by atoms with Crippen LogP contribution in [-0.4, -0.2) is 68.4 Å². The largest absolute Gasteiger partial charge is 0.480 e. The molecule has 198 valence electrons. The van der Waals surface area contributed by atoms with Crippen molar-refractivity contribution in [2.24, 2.45) is 0 Å². The summed E-state index contributed by atoms with van der Waals surface area (Å²) in [5, 5.41) is 19.0. The number of benzene rings is 1. The van der Waals surface area contributed by atoms with E-state index in [1.54, 1.807) is 17.6 Å². The summed E-state index contributed by atoms with van der Waals surface area (Å²) in [7, 11) is 0. The van der Waals surface area contributed by atoms with Gasteiger partial charge in [0.25, 0.3) is 11.5 Å².